The van der Waals surface area contributed by atoms with Gasteiger partial charge in [-0.1, -0.05) is 5.16 Å². The zero-order chi connectivity index (χ0) is 19.7. The molecular weight excluding hydrogens is 424 g/mol. The maximum atomic E-state index is 12.6. The van der Waals surface area contributed by atoms with Gasteiger partial charge in [0.2, 0.25) is 0 Å². The number of nitrogens with two attached hydrogens (primary N) is 1. The Kier molecular flexibility index (Phi) is 5.50. The van der Waals surface area contributed by atoms with Gasteiger partial charge in [-0.15, -0.1) is 0 Å². The second kappa shape index (κ2) is 8.05. The van der Waals surface area contributed by atoms with Crippen molar-refractivity contribution in [1.82, 2.24) is 10.5 Å². The number of aromatic nitrogens is 1. The van der Waals surface area contributed by atoms with Crippen LogP contribution in [-0.2, 0) is 0 Å². The highest BCUT2D eigenvalue weighted by Gasteiger charge is 2.29. The van der Waals surface area contributed by atoms with Crippen molar-refractivity contribution >= 4 is 33.4 Å². The number of carbonyl (C=O) groups excluding carboxylic acids is 2. The standard InChI is InChI=1S/C20H23BrN4O3/c21-16-9-14(24-20(27)17-10-18(28-25-17)11-4-5-11)6-7-15(16)19(26)23-13-3-1-2-12(22)8-13/h6-7,9-13H,1-5,8,22H2,(H,23,26)(H,24,27). The minimum Gasteiger partial charge on any atom is -0.360 e. The minimum absolute atomic E-state index is 0.107. The first-order chi connectivity index (χ1) is 13.5. The van der Waals surface area contributed by atoms with Crippen LogP contribution in [0.25, 0.3) is 0 Å². The van der Waals surface area contributed by atoms with E-state index in [2.05, 4.69) is 31.7 Å². The van der Waals surface area contributed by atoms with E-state index in [9.17, 15) is 9.59 Å². The van der Waals surface area contributed by atoms with Crippen LogP contribution in [0, 0.1) is 0 Å². The van der Waals surface area contributed by atoms with Crippen molar-refractivity contribution in [3.8, 4) is 0 Å². The van der Waals surface area contributed by atoms with Crippen LogP contribution in [0.15, 0.2) is 33.3 Å². The lowest BCUT2D eigenvalue weighted by Gasteiger charge is -2.27. The van der Waals surface area contributed by atoms with Crippen molar-refractivity contribution in [3.05, 3.63) is 45.8 Å². The van der Waals surface area contributed by atoms with Gasteiger partial charge in [-0.3, -0.25) is 9.59 Å². The smallest absolute Gasteiger partial charge is 0.277 e. The Labute approximate surface area is 171 Å². The Morgan fingerprint density at radius 1 is 1.14 bits per heavy atom. The van der Waals surface area contributed by atoms with Gasteiger partial charge in [0.25, 0.3) is 11.8 Å². The van der Waals surface area contributed by atoms with E-state index in [0.717, 1.165) is 44.3 Å². The molecule has 2 fully saturated rings. The highest BCUT2D eigenvalue weighted by atomic mass is 79.9. The molecule has 2 amide bonds. The van der Waals surface area contributed by atoms with Gasteiger partial charge in [0.15, 0.2) is 5.69 Å². The van der Waals surface area contributed by atoms with E-state index in [0.29, 0.717) is 21.6 Å². The topological polar surface area (TPSA) is 110 Å². The molecule has 2 aliphatic carbocycles. The van der Waals surface area contributed by atoms with E-state index < -0.39 is 0 Å². The average molecular weight is 447 g/mol. The Balaban J connectivity index is 1.39. The van der Waals surface area contributed by atoms with Crippen LogP contribution in [0.4, 0.5) is 5.69 Å². The summed E-state index contributed by atoms with van der Waals surface area (Å²) in [5.41, 5.74) is 7.35. The fourth-order valence-electron chi connectivity index (χ4n) is 3.55. The van der Waals surface area contributed by atoms with Crippen LogP contribution in [0.1, 0.15) is 71.0 Å². The predicted octanol–water partition coefficient (Wildman–Crippen LogP) is 3.57. The lowest BCUT2D eigenvalue weighted by Crippen LogP contribution is -2.42. The monoisotopic (exact) mass is 446 g/mol. The number of halogens is 1. The Morgan fingerprint density at radius 2 is 1.96 bits per heavy atom. The largest absolute Gasteiger partial charge is 0.360 e. The third kappa shape index (κ3) is 4.44. The van der Waals surface area contributed by atoms with E-state index in [1.54, 1.807) is 24.3 Å². The molecule has 2 atom stereocenters. The van der Waals surface area contributed by atoms with Gasteiger partial charge < -0.3 is 20.9 Å². The summed E-state index contributed by atoms with van der Waals surface area (Å²) in [5.74, 6) is 0.686. The maximum absolute atomic E-state index is 12.6. The van der Waals surface area contributed by atoms with Gasteiger partial charge in [0.05, 0.1) is 5.56 Å². The quantitative estimate of drug-likeness (QED) is 0.649. The first-order valence-electron chi connectivity index (χ1n) is 9.63. The highest BCUT2D eigenvalue weighted by molar-refractivity contribution is 9.10. The number of hydrogen-bond donors (Lipinski definition) is 3. The molecule has 28 heavy (non-hydrogen) atoms. The van der Waals surface area contributed by atoms with Gasteiger partial charge in [-0.25, -0.2) is 0 Å². The Hall–Kier alpha value is -2.19. The summed E-state index contributed by atoms with van der Waals surface area (Å²) in [5, 5.41) is 9.68. The van der Waals surface area contributed by atoms with Gasteiger partial charge in [-0.2, -0.15) is 0 Å². The minimum atomic E-state index is -0.337. The Morgan fingerprint density at radius 3 is 2.68 bits per heavy atom. The van der Waals surface area contributed by atoms with Crippen LogP contribution in [-0.4, -0.2) is 29.1 Å². The number of benzene rings is 1. The molecule has 0 spiro atoms. The molecule has 1 aromatic carbocycles. The first kappa shape index (κ1) is 19.1. The van der Waals surface area contributed by atoms with E-state index >= 15 is 0 Å². The number of amides is 2. The summed E-state index contributed by atoms with van der Waals surface area (Å²) >= 11 is 3.43. The second-order valence-corrected chi connectivity index (χ2v) is 8.49. The van der Waals surface area contributed by atoms with Crippen LogP contribution in [0.3, 0.4) is 0 Å². The highest BCUT2D eigenvalue weighted by Crippen LogP contribution is 2.40. The summed E-state index contributed by atoms with van der Waals surface area (Å²) in [6, 6.07) is 7.05. The van der Waals surface area contributed by atoms with Crippen LogP contribution >= 0.6 is 15.9 Å². The number of rotatable bonds is 5. The van der Waals surface area contributed by atoms with Crippen molar-refractivity contribution < 1.29 is 14.1 Å². The van der Waals surface area contributed by atoms with Crippen LogP contribution < -0.4 is 16.4 Å². The summed E-state index contributed by atoms with van der Waals surface area (Å²) in [4.78, 5) is 24.9. The van der Waals surface area contributed by atoms with Gasteiger partial charge in [0, 0.05) is 34.2 Å². The summed E-state index contributed by atoms with van der Waals surface area (Å²) in [7, 11) is 0. The number of anilines is 1. The van der Waals surface area contributed by atoms with E-state index in [4.69, 9.17) is 10.3 Å². The molecule has 0 radical (unpaired) electrons. The van der Waals surface area contributed by atoms with Crippen molar-refractivity contribution in [3.63, 3.8) is 0 Å². The lowest BCUT2D eigenvalue weighted by atomic mass is 9.91. The molecule has 2 unspecified atom stereocenters. The molecule has 8 heteroatoms. The molecule has 0 saturated heterocycles. The van der Waals surface area contributed by atoms with E-state index in [1.165, 1.54) is 0 Å². The SMILES string of the molecule is NC1CCCC(NC(=O)c2ccc(NC(=O)c3cc(C4CC4)on3)cc2Br)C1. The van der Waals surface area contributed by atoms with Crippen molar-refractivity contribution in [2.75, 3.05) is 5.32 Å². The van der Waals surface area contributed by atoms with Crippen LogP contribution in [0.2, 0.25) is 0 Å². The summed E-state index contributed by atoms with van der Waals surface area (Å²) in [6.45, 7) is 0. The van der Waals surface area contributed by atoms with Gasteiger partial charge in [-0.05, 0) is 72.7 Å². The van der Waals surface area contributed by atoms with E-state index in [-0.39, 0.29) is 29.6 Å². The molecule has 4 rings (SSSR count). The molecular formula is C20H23BrN4O3. The summed E-state index contributed by atoms with van der Waals surface area (Å²) < 4.78 is 5.83. The number of hydrogen-bond acceptors (Lipinski definition) is 5. The molecule has 0 bridgehead atoms. The van der Waals surface area contributed by atoms with Crippen LogP contribution in [0.5, 0.6) is 0 Å². The fraction of sp³-hybridized carbons (Fsp3) is 0.450. The van der Waals surface area contributed by atoms with Crippen molar-refractivity contribution in [2.45, 2.75) is 56.5 Å². The number of nitrogens with one attached hydrogen (secondary N) is 2. The molecule has 2 aliphatic rings. The number of carbonyl (C=O) groups is 2. The third-order valence-corrected chi connectivity index (χ3v) is 5.92. The van der Waals surface area contributed by atoms with Crippen molar-refractivity contribution in [2.24, 2.45) is 5.73 Å². The maximum Gasteiger partial charge on any atom is 0.277 e. The normalized spacial score (nSPS) is 21.9. The fourth-order valence-corrected chi connectivity index (χ4v) is 4.11. The predicted molar refractivity (Wildman–Crippen MR) is 108 cm³/mol. The zero-order valence-corrected chi connectivity index (χ0v) is 17.0. The first-order valence-corrected chi connectivity index (χ1v) is 10.4. The lowest BCUT2D eigenvalue weighted by molar-refractivity contribution is 0.0924. The molecule has 2 saturated carbocycles. The Bertz CT molecular complexity index is 893. The molecule has 0 aliphatic heterocycles. The van der Waals surface area contributed by atoms with Gasteiger partial charge in [0.1, 0.15) is 5.76 Å². The average Bonchev–Trinajstić information content (AvgIpc) is 3.38. The zero-order valence-electron chi connectivity index (χ0n) is 15.4. The second-order valence-electron chi connectivity index (χ2n) is 7.63. The molecule has 1 heterocycles. The molecule has 1 aromatic heterocycles. The van der Waals surface area contributed by atoms with Crippen molar-refractivity contribution in [1.29, 1.82) is 0 Å². The summed E-state index contributed by atoms with van der Waals surface area (Å²) in [6.07, 6.45) is 5.96. The molecule has 148 valence electrons. The third-order valence-electron chi connectivity index (χ3n) is 5.26. The van der Waals surface area contributed by atoms with E-state index in [1.807, 2.05) is 0 Å². The molecule has 7 nitrogen and oxygen atoms in total. The molecule has 2 aromatic rings. The number of nitrogens with zero attached hydrogens (tertiary/aromatic N) is 1. The molecule has 4 N–H and O–H groups in total. The van der Waals surface area contributed by atoms with Gasteiger partial charge >= 0.3 is 0 Å².